The highest BCUT2D eigenvalue weighted by Crippen LogP contribution is 2.44. The number of phenolic OH excluding ortho intramolecular Hbond substituents is 1. The lowest BCUT2D eigenvalue weighted by molar-refractivity contribution is -0.143. The minimum atomic E-state index is -0.634. The van der Waals surface area contributed by atoms with Crippen molar-refractivity contribution in [2.45, 2.75) is 58.1 Å². The fourth-order valence-corrected chi connectivity index (χ4v) is 3.25. The van der Waals surface area contributed by atoms with Gasteiger partial charge in [-0.2, -0.15) is 0 Å². The molecule has 0 spiro atoms. The predicted molar refractivity (Wildman–Crippen MR) is 102 cm³/mol. The number of methoxy groups -OCH3 is 1. The van der Waals surface area contributed by atoms with Gasteiger partial charge in [-0.05, 0) is 68.2 Å². The second-order valence-electron chi connectivity index (χ2n) is 7.29. The number of halogens is 1. The minimum absolute atomic E-state index is 0.0000492. The molecule has 1 unspecified atom stereocenters. The summed E-state index contributed by atoms with van der Waals surface area (Å²) in [5, 5.41) is 10.1. The van der Waals surface area contributed by atoms with Gasteiger partial charge in [-0.25, -0.2) is 0 Å². The molecular weight excluding hydrogens is 403 g/mol. The van der Waals surface area contributed by atoms with Gasteiger partial charge in [-0.1, -0.05) is 0 Å². The summed E-state index contributed by atoms with van der Waals surface area (Å²) in [5.74, 6) is -0.448. The van der Waals surface area contributed by atoms with Crippen molar-refractivity contribution in [2.24, 2.45) is 0 Å². The molecule has 0 amide bonds. The normalized spacial score (nSPS) is 19.3. The summed E-state index contributed by atoms with van der Waals surface area (Å²) in [6.07, 6.45) is 0.0883. The SMILES string of the molecule is CCOC(=O)CC(B1OC(C)(C)C(C)(C)O1)c1cc(Br)c(O)c(OC)c1. The first kappa shape index (κ1) is 21.1. The van der Waals surface area contributed by atoms with E-state index in [0.717, 1.165) is 5.56 Å². The molecule has 2 rings (SSSR count). The molecule has 1 N–H and O–H groups in total. The van der Waals surface area contributed by atoms with Crippen molar-refractivity contribution in [1.29, 1.82) is 0 Å². The molecule has 1 atom stereocenters. The zero-order valence-corrected chi connectivity index (χ0v) is 17.7. The highest BCUT2D eigenvalue weighted by Gasteiger charge is 2.54. The Bertz CT molecular complexity index is 660. The predicted octanol–water partition coefficient (Wildman–Crippen LogP) is 3.83. The summed E-state index contributed by atoms with van der Waals surface area (Å²) in [4.78, 5) is 12.2. The minimum Gasteiger partial charge on any atom is -0.503 e. The largest absolute Gasteiger partial charge is 0.503 e. The Kier molecular flexibility index (Phi) is 6.30. The van der Waals surface area contributed by atoms with E-state index >= 15 is 0 Å². The van der Waals surface area contributed by atoms with Crippen LogP contribution < -0.4 is 4.74 Å². The Morgan fingerprint density at radius 1 is 1.27 bits per heavy atom. The fourth-order valence-electron chi connectivity index (χ4n) is 2.79. The highest BCUT2D eigenvalue weighted by atomic mass is 79.9. The van der Waals surface area contributed by atoms with Crippen LogP contribution in [0.5, 0.6) is 11.5 Å². The van der Waals surface area contributed by atoms with E-state index in [4.69, 9.17) is 18.8 Å². The summed E-state index contributed by atoms with van der Waals surface area (Å²) in [6, 6.07) is 3.43. The lowest BCUT2D eigenvalue weighted by atomic mass is 9.66. The van der Waals surface area contributed by atoms with E-state index < -0.39 is 24.1 Å². The summed E-state index contributed by atoms with van der Waals surface area (Å²) in [6.45, 7) is 9.91. The van der Waals surface area contributed by atoms with Crippen LogP contribution in [0.3, 0.4) is 0 Å². The van der Waals surface area contributed by atoms with Gasteiger partial charge < -0.3 is 23.9 Å². The molecule has 6 nitrogen and oxygen atoms in total. The third-order valence-corrected chi connectivity index (χ3v) is 5.60. The van der Waals surface area contributed by atoms with Crippen LogP contribution in [0, 0.1) is 0 Å². The topological polar surface area (TPSA) is 74.2 Å². The molecule has 1 aromatic carbocycles. The third kappa shape index (κ3) is 4.18. The van der Waals surface area contributed by atoms with Crippen LogP contribution in [-0.4, -0.2) is 43.1 Å². The van der Waals surface area contributed by atoms with E-state index in [1.165, 1.54) is 7.11 Å². The van der Waals surface area contributed by atoms with Crippen LogP contribution in [0.4, 0.5) is 0 Å². The number of benzene rings is 1. The molecule has 144 valence electrons. The molecule has 8 heteroatoms. The van der Waals surface area contributed by atoms with Crippen molar-refractivity contribution in [3.63, 3.8) is 0 Å². The molecule has 1 aromatic rings. The van der Waals surface area contributed by atoms with Crippen molar-refractivity contribution in [2.75, 3.05) is 13.7 Å². The zero-order valence-electron chi connectivity index (χ0n) is 16.1. The fraction of sp³-hybridized carbons (Fsp3) is 0.611. The second kappa shape index (κ2) is 7.78. The Morgan fingerprint density at radius 2 is 1.85 bits per heavy atom. The van der Waals surface area contributed by atoms with Gasteiger partial charge in [0.05, 0.1) is 35.8 Å². The van der Waals surface area contributed by atoms with E-state index in [1.54, 1.807) is 19.1 Å². The Labute approximate surface area is 163 Å². The number of carbonyl (C=O) groups is 1. The first-order valence-electron chi connectivity index (χ1n) is 8.60. The maximum Gasteiger partial charge on any atom is 0.466 e. The number of hydrogen-bond acceptors (Lipinski definition) is 6. The van der Waals surface area contributed by atoms with Crippen molar-refractivity contribution < 1.29 is 28.7 Å². The Morgan fingerprint density at radius 3 is 2.35 bits per heavy atom. The van der Waals surface area contributed by atoms with E-state index in [0.29, 0.717) is 16.8 Å². The quantitative estimate of drug-likeness (QED) is 0.548. The van der Waals surface area contributed by atoms with Gasteiger partial charge in [-0.15, -0.1) is 0 Å². The maximum absolute atomic E-state index is 12.2. The van der Waals surface area contributed by atoms with Crippen LogP contribution in [0.25, 0.3) is 0 Å². The molecule has 0 radical (unpaired) electrons. The average molecular weight is 429 g/mol. The Hall–Kier alpha value is -1.25. The molecule has 0 bridgehead atoms. The number of carbonyl (C=O) groups excluding carboxylic acids is 1. The summed E-state index contributed by atoms with van der Waals surface area (Å²) < 4.78 is 23.1. The number of hydrogen-bond donors (Lipinski definition) is 1. The van der Waals surface area contributed by atoms with Crippen molar-refractivity contribution >= 4 is 29.0 Å². The molecule has 1 saturated heterocycles. The van der Waals surface area contributed by atoms with E-state index in [9.17, 15) is 9.90 Å². The van der Waals surface area contributed by atoms with Crippen LogP contribution in [0.2, 0.25) is 0 Å². The molecule has 1 heterocycles. The monoisotopic (exact) mass is 428 g/mol. The smallest absolute Gasteiger partial charge is 0.466 e. The number of esters is 1. The zero-order chi connectivity index (χ0) is 19.7. The second-order valence-corrected chi connectivity index (χ2v) is 8.15. The lowest BCUT2D eigenvalue weighted by Gasteiger charge is -2.32. The molecular formula is C18H26BBrO6. The number of ether oxygens (including phenoxy) is 2. The van der Waals surface area contributed by atoms with Gasteiger partial charge in [0.2, 0.25) is 0 Å². The van der Waals surface area contributed by atoms with Crippen molar-refractivity contribution in [3.8, 4) is 11.5 Å². The number of aromatic hydroxyl groups is 1. The van der Waals surface area contributed by atoms with Gasteiger partial charge in [0.15, 0.2) is 11.5 Å². The molecule has 0 aromatic heterocycles. The molecule has 26 heavy (non-hydrogen) atoms. The van der Waals surface area contributed by atoms with Crippen LogP contribution >= 0.6 is 15.9 Å². The van der Waals surface area contributed by atoms with Gasteiger partial charge >= 0.3 is 13.1 Å². The Balaban J connectivity index is 2.43. The third-order valence-electron chi connectivity index (χ3n) is 4.99. The highest BCUT2D eigenvalue weighted by molar-refractivity contribution is 9.10. The van der Waals surface area contributed by atoms with Crippen LogP contribution in [-0.2, 0) is 18.8 Å². The van der Waals surface area contributed by atoms with Gasteiger partial charge in [0, 0.05) is 5.82 Å². The maximum atomic E-state index is 12.2. The number of rotatable bonds is 6. The lowest BCUT2D eigenvalue weighted by Crippen LogP contribution is -2.41. The summed E-state index contributed by atoms with van der Waals surface area (Å²) in [7, 11) is 0.839. The van der Waals surface area contributed by atoms with Gasteiger partial charge in [0.25, 0.3) is 0 Å². The van der Waals surface area contributed by atoms with Gasteiger partial charge in [0.1, 0.15) is 0 Å². The standard InChI is InChI=1S/C18H26BBrO6/c1-7-24-15(21)10-12(19-25-17(2,3)18(4,5)26-19)11-8-13(20)16(22)14(9-11)23-6/h8-9,12,22H,7,10H2,1-6H3. The molecule has 0 saturated carbocycles. The van der Waals surface area contributed by atoms with Crippen LogP contribution in [0.1, 0.15) is 52.4 Å². The van der Waals surface area contributed by atoms with E-state index in [1.807, 2.05) is 27.7 Å². The van der Waals surface area contributed by atoms with E-state index in [-0.39, 0.29) is 18.1 Å². The first-order chi connectivity index (χ1) is 12.0. The number of phenols is 1. The van der Waals surface area contributed by atoms with Gasteiger partial charge in [-0.3, -0.25) is 4.79 Å². The van der Waals surface area contributed by atoms with Crippen molar-refractivity contribution in [3.05, 3.63) is 22.2 Å². The molecule has 1 aliphatic rings. The summed E-state index contributed by atoms with van der Waals surface area (Å²) >= 11 is 3.33. The van der Waals surface area contributed by atoms with Crippen molar-refractivity contribution in [1.82, 2.24) is 0 Å². The first-order valence-corrected chi connectivity index (χ1v) is 9.39. The van der Waals surface area contributed by atoms with E-state index in [2.05, 4.69) is 15.9 Å². The van der Waals surface area contributed by atoms with Crippen LogP contribution in [0.15, 0.2) is 16.6 Å². The summed E-state index contributed by atoms with van der Waals surface area (Å²) in [5.41, 5.74) is -0.302. The molecule has 1 fully saturated rings. The molecule has 1 aliphatic heterocycles. The average Bonchev–Trinajstić information content (AvgIpc) is 2.75. The molecule has 0 aliphatic carbocycles.